The highest BCUT2D eigenvalue weighted by atomic mass is 16.4. The van der Waals surface area contributed by atoms with Gasteiger partial charge in [0.25, 0.3) is 0 Å². The fourth-order valence-corrected chi connectivity index (χ4v) is 1.24. The molecule has 0 aromatic carbocycles. The number of hydrogen-bond acceptors (Lipinski definition) is 4. The van der Waals surface area contributed by atoms with Gasteiger partial charge in [-0.15, -0.1) is 0 Å². The quantitative estimate of drug-likeness (QED) is 0.794. The van der Waals surface area contributed by atoms with Crippen molar-refractivity contribution in [1.29, 1.82) is 0 Å². The molecule has 16 heavy (non-hydrogen) atoms. The molecule has 1 heterocycles. The van der Waals surface area contributed by atoms with Crippen LogP contribution in [0.25, 0.3) is 0 Å². The largest absolute Gasteiger partial charge is 0.480 e. The number of nitrogens with zero attached hydrogens (tertiary/aromatic N) is 2. The van der Waals surface area contributed by atoms with Gasteiger partial charge in [-0.1, -0.05) is 13.8 Å². The molecule has 0 amide bonds. The number of carboxylic acid groups (broad SMARTS) is 1. The molecule has 1 atom stereocenters. The Labute approximate surface area is 94.9 Å². The van der Waals surface area contributed by atoms with E-state index in [4.69, 9.17) is 5.11 Å². The second-order valence-electron chi connectivity index (χ2n) is 3.86. The number of carboxylic acids is 1. The molecule has 0 aliphatic heterocycles. The smallest absolute Gasteiger partial charge is 0.329 e. The van der Waals surface area contributed by atoms with E-state index in [2.05, 4.69) is 15.3 Å². The molecule has 0 aliphatic rings. The minimum atomic E-state index is -0.987. The summed E-state index contributed by atoms with van der Waals surface area (Å²) in [6, 6.07) is 1.77. The Kier molecular flexibility index (Phi) is 3.82. The summed E-state index contributed by atoms with van der Waals surface area (Å²) in [6.07, 6.45) is 2.72. The number of nitrogens with one attached hydrogen (secondary N) is 1. The van der Waals surface area contributed by atoms with Crippen LogP contribution in [0.3, 0.4) is 0 Å². The minimum absolute atomic E-state index is 0.480. The molecule has 1 aromatic rings. The van der Waals surface area contributed by atoms with Crippen molar-refractivity contribution in [1.82, 2.24) is 9.97 Å². The Morgan fingerprint density at radius 1 is 1.50 bits per heavy atom. The van der Waals surface area contributed by atoms with Crippen LogP contribution >= 0.6 is 0 Å². The monoisotopic (exact) mass is 223 g/mol. The first kappa shape index (κ1) is 12.4. The Bertz CT molecular complexity index is 381. The third kappa shape index (κ3) is 2.68. The highest BCUT2D eigenvalue weighted by Gasteiger charge is 2.31. The van der Waals surface area contributed by atoms with Gasteiger partial charge >= 0.3 is 5.97 Å². The van der Waals surface area contributed by atoms with Gasteiger partial charge in [-0.3, -0.25) is 0 Å². The van der Waals surface area contributed by atoms with Crippen LogP contribution in [-0.2, 0) is 11.2 Å². The SMILES string of the molecule is CCc1cc(NC(C)(CC)C(=O)O)ncn1. The predicted octanol–water partition coefficient (Wildman–Crippen LogP) is 1.70. The Hall–Kier alpha value is -1.65. The van der Waals surface area contributed by atoms with Gasteiger partial charge in [-0.2, -0.15) is 0 Å². The third-order valence-corrected chi connectivity index (χ3v) is 2.67. The number of hydrogen-bond donors (Lipinski definition) is 2. The molecule has 0 bridgehead atoms. The lowest BCUT2D eigenvalue weighted by atomic mass is 9.99. The molecule has 1 unspecified atom stereocenters. The van der Waals surface area contributed by atoms with Crippen LogP contribution in [-0.4, -0.2) is 26.6 Å². The Morgan fingerprint density at radius 3 is 2.69 bits per heavy atom. The average molecular weight is 223 g/mol. The molecule has 1 rings (SSSR count). The molecule has 0 spiro atoms. The van der Waals surface area contributed by atoms with E-state index in [1.54, 1.807) is 13.0 Å². The maximum absolute atomic E-state index is 11.1. The summed E-state index contributed by atoms with van der Waals surface area (Å²) < 4.78 is 0. The van der Waals surface area contributed by atoms with E-state index >= 15 is 0 Å². The lowest BCUT2D eigenvalue weighted by Crippen LogP contribution is -2.42. The van der Waals surface area contributed by atoms with Crippen molar-refractivity contribution in [2.24, 2.45) is 0 Å². The van der Waals surface area contributed by atoms with E-state index in [0.717, 1.165) is 12.1 Å². The molecule has 5 heteroatoms. The molecule has 1 aromatic heterocycles. The van der Waals surface area contributed by atoms with Crippen LogP contribution in [0.5, 0.6) is 0 Å². The van der Waals surface area contributed by atoms with E-state index in [1.807, 2.05) is 13.8 Å². The zero-order chi connectivity index (χ0) is 12.2. The van der Waals surface area contributed by atoms with Crippen molar-refractivity contribution < 1.29 is 9.90 Å². The topological polar surface area (TPSA) is 75.1 Å². The molecule has 0 aliphatic carbocycles. The van der Waals surface area contributed by atoms with E-state index in [1.165, 1.54) is 6.33 Å². The first-order chi connectivity index (χ1) is 7.51. The summed E-state index contributed by atoms with van der Waals surface area (Å²) in [5, 5.41) is 12.0. The average Bonchev–Trinajstić information content (AvgIpc) is 2.29. The lowest BCUT2D eigenvalue weighted by molar-refractivity contribution is -0.141. The van der Waals surface area contributed by atoms with Crippen LogP contribution in [0.4, 0.5) is 5.82 Å². The second kappa shape index (κ2) is 4.92. The standard InChI is InChI=1S/C11H17N3O2/c1-4-8-6-9(13-7-12-8)14-11(3,5-2)10(15)16/h6-7H,4-5H2,1-3H3,(H,15,16)(H,12,13,14). The highest BCUT2D eigenvalue weighted by Crippen LogP contribution is 2.17. The van der Waals surface area contributed by atoms with E-state index in [9.17, 15) is 4.79 Å². The fourth-order valence-electron chi connectivity index (χ4n) is 1.24. The van der Waals surface area contributed by atoms with Gasteiger partial charge in [-0.25, -0.2) is 14.8 Å². The van der Waals surface area contributed by atoms with E-state index in [0.29, 0.717) is 12.2 Å². The van der Waals surface area contributed by atoms with Crippen molar-refractivity contribution in [2.75, 3.05) is 5.32 Å². The molecule has 88 valence electrons. The molecule has 5 nitrogen and oxygen atoms in total. The van der Waals surface area contributed by atoms with Crippen LogP contribution < -0.4 is 5.32 Å². The first-order valence-corrected chi connectivity index (χ1v) is 5.34. The number of anilines is 1. The van der Waals surface area contributed by atoms with Gasteiger partial charge in [0, 0.05) is 11.8 Å². The minimum Gasteiger partial charge on any atom is -0.480 e. The summed E-state index contributed by atoms with van der Waals surface area (Å²) >= 11 is 0. The summed E-state index contributed by atoms with van der Waals surface area (Å²) in [6.45, 7) is 5.45. The van der Waals surface area contributed by atoms with Gasteiger partial charge in [0.15, 0.2) is 0 Å². The van der Waals surface area contributed by atoms with Gasteiger partial charge < -0.3 is 10.4 Å². The predicted molar refractivity (Wildman–Crippen MR) is 61.4 cm³/mol. The third-order valence-electron chi connectivity index (χ3n) is 2.67. The second-order valence-corrected chi connectivity index (χ2v) is 3.86. The maximum Gasteiger partial charge on any atom is 0.329 e. The number of carbonyl (C=O) groups is 1. The number of aryl methyl sites for hydroxylation is 1. The lowest BCUT2D eigenvalue weighted by Gasteiger charge is -2.25. The Balaban J connectivity index is 2.90. The highest BCUT2D eigenvalue weighted by molar-refractivity contribution is 5.81. The number of rotatable bonds is 5. The molecular formula is C11H17N3O2. The molecule has 0 saturated carbocycles. The number of aromatic nitrogens is 2. The van der Waals surface area contributed by atoms with E-state index < -0.39 is 11.5 Å². The molecule has 2 N–H and O–H groups in total. The zero-order valence-electron chi connectivity index (χ0n) is 9.82. The van der Waals surface area contributed by atoms with E-state index in [-0.39, 0.29) is 0 Å². The zero-order valence-corrected chi connectivity index (χ0v) is 9.82. The van der Waals surface area contributed by atoms with Crippen molar-refractivity contribution in [3.05, 3.63) is 18.1 Å². The van der Waals surface area contributed by atoms with Gasteiger partial charge in [0.05, 0.1) is 0 Å². The van der Waals surface area contributed by atoms with Crippen molar-refractivity contribution in [3.8, 4) is 0 Å². The molecule has 0 radical (unpaired) electrons. The summed E-state index contributed by atoms with van der Waals surface area (Å²) in [5.74, 6) is -0.328. The van der Waals surface area contributed by atoms with Gasteiger partial charge in [-0.05, 0) is 19.8 Å². The first-order valence-electron chi connectivity index (χ1n) is 5.34. The van der Waals surface area contributed by atoms with Crippen LogP contribution in [0.2, 0.25) is 0 Å². The maximum atomic E-state index is 11.1. The van der Waals surface area contributed by atoms with Gasteiger partial charge in [0.2, 0.25) is 0 Å². The van der Waals surface area contributed by atoms with Crippen molar-refractivity contribution >= 4 is 11.8 Å². The number of aliphatic carboxylic acids is 1. The van der Waals surface area contributed by atoms with Crippen LogP contribution in [0.15, 0.2) is 12.4 Å². The molecular weight excluding hydrogens is 206 g/mol. The summed E-state index contributed by atoms with van der Waals surface area (Å²) in [5.41, 5.74) is -0.0966. The summed E-state index contributed by atoms with van der Waals surface area (Å²) in [7, 11) is 0. The van der Waals surface area contributed by atoms with Crippen molar-refractivity contribution in [2.45, 2.75) is 39.2 Å². The van der Waals surface area contributed by atoms with Crippen LogP contribution in [0, 0.1) is 0 Å². The Morgan fingerprint density at radius 2 is 2.19 bits per heavy atom. The van der Waals surface area contributed by atoms with Gasteiger partial charge in [0.1, 0.15) is 17.7 Å². The normalized spacial score (nSPS) is 14.2. The summed E-state index contributed by atoms with van der Waals surface area (Å²) in [4.78, 5) is 19.2. The van der Waals surface area contributed by atoms with Crippen molar-refractivity contribution in [3.63, 3.8) is 0 Å². The van der Waals surface area contributed by atoms with Crippen LogP contribution in [0.1, 0.15) is 32.9 Å². The fraction of sp³-hybridized carbons (Fsp3) is 0.545. The molecule has 0 fully saturated rings. The molecule has 0 saturated heterocycles.